The van der Waals surface area contributed by atoms with Gasteiger partial charge >= 0.3 is 0 Å². The van der Waals surface area contributed by atoms with Gasteiger partial charge in [-0.1, -0.05) is 44.2 Å². The maximum Gasteiger partial charge on any atom is 0.161 e. The van der Waals surface area contributed by atoms with Crippen LogP contribution in [0.3, 0.4) is 0 Å². The molecule has 0 bridgehead atoms. The van der Waals surface area contributed by atoms with E-state index in [1.165, 1.54) is 36.1 Å². The standard InChI is InChI=1S/C50H75N5O7/c1-31(57)27-53-28-42-40-7-4-6-35(40)14-17-44-41(42)26-45(55-44)47(60)30-61-49-22-33(12-18-46(49)59)11-16-39-25-37(29-56)48(62-39)8-3-2-5-32-9-13-36(43(51)21-32)24-38(58)15-10-34-19-20-54-50(52)23-34/h12,18-19,22-23,25-26,31-32,35-36,38,40,42-43,47,53-60H,2-11,13-17,20-21,24,27-30,51-52H2,1H3/t31-,32+,35+,36-,38+,40-,42-,43+,47-/m0/s1. The number of aliphatic hydroxyl groups excluding tert-OH is 4. The molecule has 0 radical (unpaired) electrons. The van der Waals surface area contributed by atoms with Crippen LogP contribution in [-0.4, -0.2) is 75.0 Å². The van der Waals surface area contributed by atoms with E-state index in [2.05, 4.69) is 27.8 Å². The number of furan rings is 1. The van der Waals surface area contributed by atoms with Crippen LogP contribution in [0.15, 0.2) is 58.3 Å². The van der Waals surface area contributed by atoms with E-state index in [9.17, 15) is 25.5 Å². The highest BCUT2D eigenvalue weighted by atomic mass is 16.5. The second kappa shape index (κ2) is 22.2. The minimum Gasteiger partial charge on any atom is -0.504 e. The van der Waals surface area contributed by atoms with Crippen LogP contribution in [0.2, 0.25) is 0 Å². The summed E-state index contributed by atoms with van der Waals surface area (Å²) in [5, 5.41) is 59.3. The fourth-order valence-corrected chi connectivity index (χ4v) is 11.0. The smallest absolute Gasteiger partial charge is 0.161 e. The molecule has 0 unspecified atom stereocenters. The van der Waals surface area contributed by atoms with Crippen LogP contribution in [0.5, 0.6) is 11.5 Å². The Morgan fingerprint density at radius 3 is 2.68 bits per heavy atom. The van der Waals surface area contributed by atoms with Crippen LogP contribution in [0.1, 0.15) is 142 Å². The van der Waals surface area contributed by atoms with Crippen molar-refractivity contribution in [1.29, 1.82) is 0 Å². The van der Waals surface area contributed by atoms with Crippen molar-refractivity contribution in [3.63, 3.8) is 0 Å². The van der Waals surface area contributed by atoms with Gasteiger partial charge in [-0.2, -0.15) is 0 Å². The van der Waals surface area contributed by atoms with Crippen molar-refractivity contribution in [3.8, 4) is 11.5 Å². The molecule has 12 heteroatoms. The fraction of sp³-hybridized carbons (Fsp3) is 0.640. The molecule has 0 saturated heterocycles. The highest BCUT2D eigenvalue weighted by molar-refractivity contribution is 5.42. The summed E-state index contributed by atoms with van der Waals surface area (Å²) in [6, 6.07) is 9.55. The SMILES string of the molecule is C[C@H](O)CNC[C@@H]1c2cc([C@@H](O)COc3cc(CCc4cc(CO)c(CCCC[C@@H]5CC[C@@H](C[C@H](O)CCC6=CCNC(N)=C6)[C@H](N)C5)o4)ccc3O)[nH]c2CC[C@H]2CCC[C@@H]21. The summed E-state index contributed by atoms with van der Waals surface area (Å²) in [6.07, 6.45) is 19.2. The lowest BCUT2D eigenvalue weighted by Crippen LogP contribution is -2.38. The molecule has 7 rings (SSSR count). The van der Waals surface area contributed by atoms with Crippen LogP contribution in [0, 0.1) is 23.7 Å². The van der Waals surface area contributed by atoms with Gasteiger partial charge in [-0.3, -0.25) is 0 Å². The number of dihydropyridines is 1. The second-order valence-electron chi connectivity index (χ2n) is 19.2. The number of fused-ring (bicyclic) bond motifs is 2. The Kier molecular flexibility index (Phi) is 16.6. The normalized spacial score (nSPS) is 25.2. The third-order valence-electron chi connectivity index (χ3n) is 14.5. The Labute approximate surface area is 368 Å². The number of aryl methyl sites for hydroxylation is 4. The van der Waals surface area contributed by atoms with Gasteiger partial charge in [0.1, 0.15) is 24.2 Å². The van der Waals surface area contributed by atoms with E-state index < -0.39 is 12.2 Å². The van der Waals surface area contributed by atoms with E-state index in [1.807, 2.05) is 24.3 Å². The fourth-order valence-electron chi connectivity index (χ4n) is 11.0. The number of aromatic nitrogens is 1. The predicted molar refractivity (Wildman–Crippen MR) is 242 cm³/mol. The number of benzene rings is 1. The van der Waals surface area contributed by atoms with E-state index in [0.29, 0.717) is 54.6 Å². The molecule has 3 aliphatic carbocycles. The van der Waals surface area contributed by atoms with Crippen molar-refractivity contribution >= 4 is 0 Å². The van der Waals surface area contributed by atoms with Gasteiger partial charge in [0.05, 0.1) is 24.6 Å². The number of aromatic hydroxyl groups is 1. The molecule has 9 atom stereocenters. The lowest BCUT2D eigenvalue weighted by molar-refractivity contribution is 0.103. The first kappa shape index (κ1) is 46.2. The summed E-state index contributed by atoms with van der Waals surface area (Å²) in [7, 11) is 0. The number of phenols is 1. The molecule has 3 heterocycles. The molecule has 12 N–H and O–H groups in total. The van der Waals surface area contributed by atoms with E-state index >= 15 is 0 Å². The number of nitrogens with two attached hydrogens (primary N) is 2. The van der Waals surface area contributed by atoms with Crippen LogP contribution >= 0.6 is 0 Å². The number of hydrogen-bond donors (Lipinski definition) is 10. The average Bonchev–Trinajstić information content (AvgIpc) is 3.99. The number of aliphatic hydroxyl groups is 4. The summed E-state index contributed by atoms with van der Waals surface area (Å²) in [4.78, 5) is 3.54. The van der Waals surface area contributed by atoms with Crippen molar-refractivity contribution in [1.82, 2.24) is 15.6 Å². The first-order valence-corrected chi connectivity index (χ1v) is 23.8. The van der Waals surface area contributed by atoms with Crippen LogP contribution < -0.4 is 26.8 Å². The van der Waals surface area contributed by atoms with Crippen LogP contribution in [0.25, 0.3) is 0 Å². The highest BCUT2D eigenvalue weighted by Crippen LogP contribution is 2.47. The van der Waals surface area contributed by atoms with E-state index in [4.69, 9.17) is 20.6 Å². The first-order valence-electron chi connectivity index (χ1n) is 23.8. The van der Waals surface area contributed by atoms with Crippen molar-refractivity contribution < 1.29 is 34.7 Å². The Balaban J connectivity index is 0.840. The molecule has 342 valence electrons. The molecule has 1 aromatic carbocycles. The number of nitrogens with one attached hydrogen (secondary N) is 3. The number of aromatic amines is 1. The Bertz CT molecular complexity index is 1940. The monoisotopic (exact) mass is 858 g/mol. The minimum atomic E-state index is -0.886. The minimum absolute atomic E-state index is 0.000540. The quantitative estimate of drug-likeness (QED) is 0.0497. The molecule has 0 spiro atoms. The molecule has 12 nitrogen and oxygen atoms in total. The Morgan fingerprint density at radius 2 is 1.87 bits per heavy atom. The van der Waals surface area contributed by atoms with E-state index in [-0.39, 0.29) is 31.1 Å². The number of phenolic OH excluding ortho intramolecular Hbond substituents is 1. The van der Waals surface area contributed by atoms with E-state index in [1.54, 1.807) is 13.0 Å². The Morgan fingerprint density at radius 1 is 1.00 bits per heavy atom. The molecule has 1 aliphatic heterocycles. The molecule has 62 heavy (non-hydrogen) atoms. The molecule has 0 amide bonds. The highest BCUT2D eigenvalue weighted by Gasteiger charge is 2.38. The average molecular weight is 858 g/mol. The number of unbranched alkanes of at least 4 members (excludes halogenated alkanes) is 1. The van der Waals surface area contributed by atoms with Gasteiger partial charge in [0, 0.05) is 61.4 Å². The zero-order valence-corrected chi connectivity index (χ0v) is 37.0. The van der Waals surface area contributed by atoms with Crippen LogP contribution in [-0.2, 0) is 32.3 Å². The third kappa shape index (κ3) is 12.5. The largest absolute Gasteiger partial charge is 0.504 e. The summed E-state index contributed by atoms with van der Waals surface area (Å²) < 4.78 is 12.3. The molecule has 2 aromatic heterocycles. The van der Waals surface area contributed by atoms with E-state index in [0.717, 1.165) is 124 Å². The van der Waals surface area contributed by atoms with Gasteiger partial charge in [-0.15, -0.1) is 0 Å². The summed E-state index contributed by atoms with van der Waals surface area (Å²) >= 11 is 0. The lowest BCUT2D eigenvalue weighted by Gasteiger charge is -2.35. The number of ether oxygens (including phenoxy) is 1. The maximum atomic E-state index is 11.3. The molecule has 3 aromatic rings. The van der Waals surface area contributed by atoms with Gasteiger partial charge in [-0.25, -0.2) is 0 Å². The zero-order valence-electron chi connectivity index (χ0n) is 37.0. The van der Waals surface area contributed by atoms with Gasteiger partial charge < -0.3 is 61.8 Å². The summed E-state index contributed by atoms with van der Waals surface area (Å²) in [5.41, 5.74) is 18.8. The van der Waals surface area contributed by atoms with Crippen molar-refractivity contribution in [2.24, 2.45) is 35.1 Å². The predicted octanol–water partition coefficient (Wildman–Crippen LogP) is 6.44. The molecule has 2 fully saturated rings. The van der Waals surface area contributed by atoms with Crippen molar-refractivity contribution in [3.05, 3.63) is 93.5 Å². The van der Waals surface area contributed by atoms with Gasteiger partial charge in [0.25, 0.3) is 0 Å². The van der Waals surface area contributed by atoms with Crippen molar-refractivity contribution in [2.45, 2.75) is 153 Å². The zero-order chi connectivity index (χ0) is 43.6. The molecular formula is C50H75N5O7. The topological polar surface area (TPSA) is 215 Å². The third-order valence-corrected chi connectivity index (χ3v) is 14.5. The first-order chi connectivity index (χ1) is 30.0. The van der Waals surface area contributed by atoms with Gasteiger partial charge in [-0.05, 0) is 142 Å². The second-order valence-corrected chi connectivity index (χ2v) is 19.2. The van der Waals surface area contributed by atoms with Crippen LogP contribution in [0.4, 0.5) is 0 Å². The molecular weight excluding hydrogens is 783 g/mol. The Hall–Kier alpha value is -3.78. The van der Waals surface area contributed by atoms with Gasteiger partial charge in [0.15, 0.2) is 11.5 Å². The number of H-pyrrole nitrogens is 1. The molecule has 2 saturated carbocycles. The van der Waals surface area contributed by atoms with Gasteiger partial charge in [0.2, 0.25) is 0 Å². The summed E-state index contributed by atoms with van der Waals surface area (Å²) in [6.45, 7) is 3.86. The van der Waals surface area contributed by atoms with Crippen molar-refractivity contribution in [2.75, 3.05) is 26.2 Å². The number of rotatable bonds is 22. The summed E-state index contributed by atoms with van der Waals surface area (Å²) in [5.74, 6) is 5.35. The number of allylic oxidation sites excluding steroid dienone is 2. The maximum absolute atomic E-state index is 11.3. The molecule has 4 aliphatic rings. The number of hydrogen-bond acceptors (Lipinski definition) is 11. The lowest BCUT2D eigenvalue weighted by atomic mass is 9.74.